The Kier molecular flexibility index (Phi) is 5.62. The summed E-state index contributed by atoms with van der Waals surface area (Å²) in [6.45, 7) is 13.4. The first-order valence-corrected chi connectivity index (χ1v) is 8.97. The van der Waals surface area contributed by atoms with Crippen molar-refractivity contribution < 1.29 is 0 Å². The van der Waals surface area contributed by atoms with E-state index in [4.69, 9.17) is 4.98 Å². The van der Waals surface area contributed by atoms with Gasteiger partial charge in [0.05, 0.1) is 5.69 Å². The highest BCUT2D eigenvalue weighted by atomic mass is 14.7. The highest BCUT2D eigenvalue weighted by Crippen LogP contribution is 2.30. The molecule has 124 valence electrons. The fourth-order valence-electron chi connectivity index (χ4n) is 3.16. The summed E-state index contributed by atoms with van der Waals surface area (Å²) in [7, 11) is 0. The molecule has 0 N–H and O–H groups in total. The number of rotatable bonds is 5. The van der Waals surface area contributed by atoms with Gasteiger partial charge < -0.3 is 0 Å². The predicted octanol–water partition coefficient (Wildman–Crippen LogP) is 6.26. The average Bonchev–Trinajstić information content (AvgIpc) is 2.49. The first kappa shape index (κ1) is 17.7. The fraction of sp³-hybridized carbons (Fsp3) is 0.500. The Hall–Kier alpha value is -1.63. The Morgan fingerprint density at radius 2 is 1.52 bits per heavy atom. The molecule has 1 heterocycles. The Labute approximate surface area is 142 Å². The van der Waals surface area contributed by atoms with E-state index in [0.29, 0.717) is 0 Å². The smallest absolute Gasteiger partial charge is 0.0739 e. The van der Waals surface area contributed by atoms with Gasteiger partial charge >= 0.3 is 0 Å². The Morgan fingerprint density at radius 3 is 2.04 bits per heavy atom. The van der Waals surface area contributed by atoms with E-state index in [1.165, 1.54) is 34.4 Å². The molecule has 0 saturated heterocycles. The van der Waals surface area contributed by atoms with Crippen LogP contribution >= 0.6 is 0 Å². The fourth-order valence-corrected chi connectivity index (χ4v) is 3.16. The first-order valence-electron chi connectivity index (χ1n) is 8.97. The van der Waals surface area contributed by atoms with Gasteiger partial charge in [0.15, 0.2) is 0 Å². The molecule has 0 fully saturated rings. The zero-order chi connectivity index (χ0) is 17.0. The molecular weight excluding hydrogens is 278 g/mol. The molecule has 23 heavy (non-hydrogen) atoms. The minimum atomic E-state index is 0.193. The van der Waals surface area contributed by atoms with E-state index in [1.807, 2.05) is 0 Å². The van der Waals surface area contributed by atoms with Crippen molar-refractivity contribution in [1.82, 2.24) is 4.98 Å². The summed E-state index contributed by atoms with van der Waals surface area (Å²) < 4.78 is 0. The van der Waals surface area contributed by atoms with Crippen LogP contribution in [0.1, 0.15) is 69.8 Å². The molecule has 0 aliphatic rings. The van der Waals surface area contributed by atoms with Crippen molar-refractivity contribution in [2.45, 2.75) is 72.6 Å². The minimum absolute atomic E-state index is 0.193. The van der Waals surface area contributed by atoms with Gasteiger partial charge in [-0.2, -0.15) is 0 Å². The lowest BCUT2D eigenvalue weighted by Gasteiger charge is -2.20. The van der Waals surface area contributed by atoms with Gasteiger partial charge in [-0.15, -0.1) is 0 Å². The van der Waals surface area contributed by atoms with Gasteiger partial charge in [0.25, 0.3) is 0 Å². The number of benzene rings is 1. The lowest BCUT2D eigenvalue weighted by Crippen LogP contribution is -2.10. The van der Waals surface area contributed by atoms with Gasteiger partial charge in [0.1, 0.15) is 0 Å². The molecule has 2 rings (SSSR count). The van der Waals surface area contributed by atoms with Crippen LogP contribution in [0.5, 0.6) is 0 Å². The third-order valence-electron chi connectivity index (χ3n) is 4.39. The number of aryl methyl sites for hydroxylation is 2. The molecule has 0 bridgehead atoms. The topological polar surface area (TPSA) is 12.9 Å². The van der Waals surface area contributed by atoms with E-state index in [2.05, 4.69) is 71.9 Å². The predicted molar refractivity (Wildman–Crippen MR) is 101 cm³/mol. The quantitative estimate of drug-likeness (QED) is 0.635. The van der Waals surface area contributed by atoms with Crippen LogP contribution < -0.4 is 0 Å². The molecule has 1 aromatic heterocycles. The molecule has 0 aliphatic carbocycles. The lowest BCUT2D eigenvalue weighted by atomic mass is 9.86. The van der Waals surface area contributed by atoms with Crippen LogP contribution in [0.3, 0.4) is 0 Å². The lowest BCUT2D eigenvalue weighted by molar-refractivity contribution is 0.590. The summed E-state index contributed by atoms with van der Waals surface area (Å²) in [4.78, 5) is 4.90. The average molecular weight is 309 g/mol. The van der Waals surface area contributed by atoms with Crippen LogP contribution in [0.25, 0.3) is 11.3 Å². The molecule has 0 atom stereocenters. The van der Waals surface area contributed by atoms with Crippen molar-refractivity contribution in [3.63, 3.8) is 0 Å². The minimum Gasteiger partial charge on any atom is -0.253 e. The third kappa shape index (κ3) is 4.22. The van der Waals surface area contributed by atoms with Crippen molar-refractivity contribution in [3.8, 4) is 11.3 Å². The molecule has 0 aliphatic heterocycles. The Bertz CT molecular complexity index is 645. The zero-order valence-electron chi connectivity index (χ0n) is 15.7. The molecule has 0 saturated carbocycles. The van der Waals surface area contributed by atoms with Gasteiger partial charge in [-0.1, -0.05) is 71.7 Å². The molecule has 0 spiro atoms. The van der Waals surface area contributed by atoms with Crippen molar-refractivity contribution in [2.24, 2.45) is 0 Å². The van der Waals surface area contributed by atoms with Crippen LogP contribution in [-0.4, -0.2) is 4.98 Å². The maximum absolute atomic E-state index is 4.90. The van der Waals surface area contributed by atoms with Gasteiger partial charge in [0.2, 0.25) is 0 Å². The zero-order valence-corrected chi connectivity index (χ0v) is 15.7. The van der Waals surface area contributed by atoms with E-state index in [0.717, 1.165) is 25.0 Å². The largest absolute Gasteiger partial charge is 0.253 e. The Morgan fingerprint density at radius 1 is 0.913 bits per heavy atom. The molecule has 0 amide bonds. The third-order valence-corrected chi connectivity index (χ3v) is 4.39. The Balaban J connectivity index is 2.53. The van der Waals surface area contributed by atoms with Crippen molar-refractivity contribution >= 4 is 0 Å². The summed E-state index contributed by atoms with van der Waals surface area (Å²) in [5.41, 5.74) is 8.07. The molecule has 0 radical (unpaired) electrons. The van der Waals surface area contributed by atoms with E-state index in [1.54, 1.807) is 0 Å². The highest BCUT2D eigenvalue weighted by Gasteiger charge is 2.15. The van der Waals surface area contributed by atoms with E-state index < -0.39 is 0 Å². The summed E-state index contributed by atoms with van der Waals surface area (Å²) >= 11 is 0. The second-order valence-corrected chi connectivity index (χ2v) is 7.58. The van der Waals surface area contributed by atoms with Gasteiger partial charge in [-0.25, -0.2) is 0 Å². The van der Waals surface area contributed by atoms with Crippen molar-refractivity contribution in [1.29, 1.82) is 0 Å². The summed E-state index contributed by atoms with van der Waals surface area (Å²) in [5.74, 6) is 0. The maximum atomic E-state index is 4.90. The molecule has 2 aromatic rings. The SMILES string of the molecule is CCCc1cc(C)nc(-c2ccc(C(C)(C)C)cc2)c1CCC. The number of hydrogen-bond donors (Lipinski definition) is 0. The van der Waals surface area contributed by atoms with Gasteiger partial charge in [-0.05, 0) is 47.9 Å². The van der Waals surface area contributed by atoms with Crippen LogP contribution in [0.4, 0.5) is 0 Å². The van der Waals surface area contributed by atoms with Crippen LogP contribution in [0, 0.1) is 6.92 Å². The molecule has 1 nitrogen and oxygen atoms in total. The summed E-state index contributed by atoms with van der Waals surface area (Å²) in [5, 5.41) is 0. The van der Waals surface area contributed by atoms with Gasteiger partial charge in [0, 0.05) is 11.3 Å². The maximum Gasteiger partial charge on any atom is 0.0739 e. The normalized spacial score (nSPS) is 11.7. The van der Waals surface area contributed by atoms with Crippen LogP contribution in [0.2, 0.25) is 0 Å². The second-order valence-electron chi connectivity index (χ2n) is 7.58. The standard InChI is InChI=1S/C22H31N/c1-7-9-18-15-16(3)23-21(20(18)10-8-2)17-11-13-19(14-12-17)22(4,5)6/h11-15H,7-10H2,1-6H3. The van der Waals surface area contributed by atoms with Crippen molar-refractivity contribution in [3.05, 3.63) is 52.7 Å². The molecular formula is C22H31N. The first-order chi connectivity index (χ1) is 10.9. The highest BCUT2D eigenvalue weighted by molar-refractivity contribution is 5.65. The van der Waals surface area contributed by atoms with E-state index in [9.17, 15) is 0 Å². The van der Waals surface area contributed by atoms with Crippen molar-refractivity contribution in [2.75, 3.05) is 0 Å². The van der Waals surface area contributed by atoms with Gasteiger partial charge in [-0.3, -0.25) is 4.98 Å². The second kappa shape index (κ2) is 7.29. The monoisotopic (exact) mass is 309 g/mol. The molecule has 0 unspecified atom stereocenters. The van der Waals surface area contributed by atoms with Crippen LogP contribution in [0.15, 0.2) is 30.3 Å². The van der Waals surface area contributed by atoms with Crippen LogP contribution in [-0.2, 0) is 18.3 Å². The number of aromatic nitrogens is 1. The molecule has 1 aromatic carbocycles. The van der Waals surface area contributed by atoms with E-state index >= 15 is 0 Å². The number of pyridine rings is 1. The number of nitrogens with zero attached hydrogens (tertiary/aromatic N) is 1. The van der Waals surface area contributed by atoms with E-state index in [-0.39, 0.29) is 5.41 Å². The number of hydrogen-bond acceptors (Lipinski definition) is 1. The summed E-state index contributed by atoms with van der Waals surface area (Å²) in [6, 6.07) is 11.3. The summed E-state index contributed by atoms with van der Waals surface area (Å²) in [6.07, 6.45) is 4.60. The molecule has 1 heteroatoms.